The van der Waals surface area contributed by atoms with Crippen molar-refractivity contribution in [1.82, 2.24) is 0 Å². The number of hydrogen-bond acceptors (Lipinski definition) is 2. The van der Waals surface area contributed by atoms with Crippen LogP contribution in [0.3, 0.4) is 0 Å². The first-order valence-electron chi connectivity index (χ1n) is 3.53. The van der Waals surface area contributed by atoms with Crippen LogP contribution in [0.5, 0.6) is 0 Å². The molecule has 0 rings (SSSR count). The molecule has 0 heterocycles. The van der Waals surface area contributed by atoms with Crippen molar-refractivity contribution >= 4 is 5.97 Å². The van der Waals surface area contributed by atoms with Crippen LogP contribution >= 0.6 is 0 Å². The summed E-state index contributed by atoms with van der Waals surface area (Å²) in [6.45, 7) is 4.12. The van der Waals surface area contributed by atoms with Crippen molar-refractivity contribution in [3.8, 4) is 0 Å². The third-order valence-electron chi connectivity index (χ3n) is 1.21. The maximum Gasteiger partial charge on any atom is 0.332 e. The third-order valence-corrected chi connectivity index (χ3v) is 1.21. The minimum absolute atomic E-state index is 0.546. The number of carbonyl (C=O) groups is 1. The largest absolute Gasteiger partial charge is 0.479 e. The van der Waals surface area contributed by atoms with E-state index in [1.54, 1.807) is 0 Å². The summed E-state index contributed by atoms with van der Waals surface area (Å²) in [5.74, 6) is -0.892. The zero-order chi connectivity index (χ0) is 7.98. The molecule has 10 heavy (non-hydrogen) atoms. The van der Waals surface area contributed by atoms with Gasteiger partial charge in [0.15, 0.2) is 6.10 Å². The molecule has 0 unspecified atom stereocenters. The van der Waals surface area contributed by atoms with E-state index in [0.717, 1.165) is 12.8 Å². The van der Waals surface area contributed by atoms with Gasteiger partial charge in [-0.1, -0.05) is 13.3 Å². The van der Waals surface area contributed by atoms with Crippen LogP contribution in [0.2, 0.25) is 0 Å². The molecule has 0 aliphatic carbocycles. The summed E-state index contributed by atoms with van der Waals surface area (Å²) in [6.07, 6.45) is 1.30. The Hall–Kier alpha value is -0.570. The van der Waals surface area contributed by atoms with Crippen molar-refractivity contribution in [2.24, 2.45) is 0 Å². The van der Waals surface area contributed by atoms with Gasteiger partial charge in [0.1, 0.15) is 0 Å². The molecule has 0 saturated carbocycles. The van der Waals surface area contributed by atoms with Gasteiger partial charge in [0.2, 0.25) is 0 Å². The van der Waals surface area contributed by atoms with Gasteiger partial charge in [0, 0.05) is 6.61 Å². The standard InChI is InChI=1S/C7H14O3/c1-3-4-5-10-6(2)7(8)9/h6H,3-5H2,1-2H3,(H,8,9)/t6-/m0/s1. The topological polar surface area (TPSA) is 46.5 Å². The number of carboxylic acid groups (broad SMARTS) is 1. The smallest absolute Gasteiger partial charge is 0.332 e. The average molecular weight is 146 g/mol. The molecule has 3 heteroatoms. The van der Waals surface area contributed by atoms with Crippen molar-refractivity contribution in [2.45, 2.75) is 32.8 Å². The molecule has 1 N–H and O–H groups in total. The van der Waals surface area contributed by atoms with Crippen molar-refractivity contribution in [2.75, 3.05) is 6.61 Å². The van der Waals surface area contributed by atoms with Crippen molar-refractivity contribution < 1.29 is 14.6 Å². The first-order valence-corrected chi connectivity index (χ1v) is 3.53. The van der Waals surface area contributed by atoms with E-state index < -0.39 is 12.1 Å². The van der Waals surface area contributed by atoms with Crippen molar-refractivity contribution in [1.29, 1.82) is 0 Å². The van der Waals surface area contributed by atoms with E-state index in [2.05, 4.69) is 0 Å². The molecule has 0 radical (unpaired) electrons. The van der Waals surface area contributed by atoms with E-state index in [4.69, 9.17) is 9.84 Å². The lowest BCUT2D eigenvalue weighted by atomic mass is 10.3. The number of unbranched alkanes of at least 4 members (excludes halogenated alkanes) is 1. The van der Waals surface area contributed by atoms with Gasteiger partial charge < -0.3 is 9.84 Å². The zero-order valence-electron chi connectivity index (χ0n) is 6.46. The Kier molecular flexibility index (Phi) is 4.94. The molecule has 0 bridgehead atoms. The van der Waals surface area contributed by atoms with Gasteiger partial charge in [-0.05, 0) is 13.3 Å². The van der Waals surface area contributed by atoms with E-state index >= 15 is 0 Å². The number of aliphatic carboxylic acids is 1. The van der Waals surface area contributed by atoms with E-state index in [1.165, 1.54) is 6.92 Å². The summed E-state index contributed by atoms with van der Waals surface area (Å²) in [6, 6.07) is 0. The highest BCUT2D eigenvalue weighted by Gasteiger charge is 2.09. The van der Waals surface area contributed by atoms with Gasteiger partial charge in [-0.3, -0.25) is 0 Å². The lowest BCUT2D eigenvalue weighted by Crippen LogP contribution is -2.20. The summed E-state index contributed by atoms with van der Waals surface area (Å²) in [4.78, 5) is 10.2. The summed E-state index contributed by atoms with van der Waals surface area (Å²) >= 11 is 0. The minimum Gasteiger partial charge on any atom is -0.479 e. The molecule has 0 spiro atoms. The molecule has 0 saturated heterocycles. The Balaban J connectivity index is 3.21. The summed E-state index contributed by atoms with van der Waals surface area (Å²) in [5.41, 5.74) is 0. The highest BCUT2D eigenvalue weighted by atomic mass is 16.5. The number of carboxylic acids is 1. The fraction of sp³-hybridized carbons (Fsp3) is 0.857. The summed E-state index contributed by atoms with van der Waals surface area (Å²) in [5, 5.41) is 8.36. The predicted octanol–water partition coefficient (Wildman–Crippen LogP) is 1.28. The molecule has 0 aromatic heterocycles. The Morgan fingerprint density at radius 3 is 2.70 bits per heavy atom. The van der Waals surface area contributed by atoms with Crippen LogP contribution in [-0.2, 0) is 9.53 Å². The maximum atomic E-state index is 10.2. The molecular formula is C7H14O3. The number of hydrogen-bond donors (Lipinski definition) is 1. The van der Waals surface area contributed by atoms with Gasteiger partial charge in [0.05, 0.1) is 0 Å². The van der Waals surface area contributed by atoms with E-state index in [-0.39, 0.29) is 0 Å². The van der Waals surface area contributed by atoms with Gasteiger partial charge in [-0.15, -0.1) is 0 Å². The summed E-state index contributed by atoms with van der Waals surface area (Å²) < 4.78 is 4.94. The second-order valence-electron chi connectivity index (χ2n) is 2.20. The van der Waals surface area contributed by atoms with Crippen LogP contribution in [-0.4, -0.2) is 23.8 Å². The molecule has 0 aliphatic heterocycles. The number of ether oxygens (including phenoxy) is 1. The Morgan fingerprint density at radius 1 is 1.70 bits per heavy atom. The Labute approximate surface area is 61.0 Å². The van der Waals surface area contributed by atoms with Crippen LogP contribution in [0.25, 0.3) is 0 Å². The Bertz CT molecular complexity index is 101. The monoisotopic (exact) mass is 146 g/mol. The number of rotatable bonds is 5. The molecule has 0 amide bonds. The lowest BCUT2D eigenvalue weighted by molar-refractivity contribution is -0.149. The molecule has 60 valence electrons. The van der Waals surface area contributed by atoms with Gasteiger partial charge in [-0.2, -0.15) is 0 Å². The van der Waals surface area contributed by atoms with Crippen LogP contribution in [0, 0.1) is 0 Å². The molecule has 0 aliphatic rings. The highest BCUT2D eigenvalue weighted by molar-refractivity contribution is 5.71. The molecular weight excluding hydrogens is 132 g/mol. The first kappa shape index (κ1) is 9.43. The predicted molar refractivity (Wildman–Crippen MR) is 38.0 cm³/mol. The van der Waals surface area contributed by atoms with Gasteiger partial charge in [-0.25, -0.2) is 4.79 Å². The second kappa shape index (κ2) is 5.23. The first-order chi connectivity index (χ1) is 4.68. The molecule has 0 aromatic rings. The summed E-state index contributed by atoms with van der Waals surface area (Å²) in [7, 11) is 0. The fourth-order valence-corrected chi connectivity index (χ4v) is 0.476. The maximum absolute atomic E-state index is 10.2. The van der Waals surface area contributed by atoms with Crippen LogP contribution in [0.4, 0.5) is 0 Å². The SMILES string of the molecule is CCCCO[C@@H](C)C(=O)O. The van der Waals surface area contributed by atoms with Crippen LogP contribution < -0.4 is 0 Å². The van der Waals surface area contributed by atoms with Crippen LogP contribution in [0.1, 0.15) is 26.7 Å². The lowest BCUT2D eigenvalue weighted by Gasteiger charge is -2.06. The Morgan fingerprint density at radius 2 is 2.30 bits per heavy atom. The van der Waals surface area contributed by atoms with Crippen LogP contribution in [0.15, 0.2) is 0 Å². The second-order valence-corrected chi connectivity index (χ2v) is 2.20. The minimum atomic E-state index is -0.892. The third kappa shape index (κ3) is 4.32. The molecule has 3 nitrogen and oxygen atoms in total. The molecule has 0 aromatic carbocycles. The van der Waals surface area contributed by atoms with E-state index in [9.17, 15) is 4.79 Å². The zero-order valence-corrected chi connectivity index (χ0v) is 6.46. The van der Waals surface area contributed by atoms with Crippen molar-refractivity contribution in [3.05, 3.63) is 0 Å². The van der Waals surface area contributed by atoms with Crippen molar-refractivity contribution in [3.63, 3.8) is 0 Å². The quantitative estimate of drug-likeness (QED) is 0.594. The highest BCUT2D eigenvalue weighted by Crippen LogP contribution is 1.94. The van der Waals surface area contributed by atoms with Gasteiger partial charge in [0.25, 0.3) is 0 Å². The van der Waals surface area contributed by atoms with Gasteiger partial charge >= 0.3 is 5.97 Å². The molecule has 0 fully saturated rings. The van der Waals surface area contributed by atoms with E-state index in [1.807, 2.05) is 6.92 Å². The average Bonchev–Trinajstić information content (AvgIpc) is 1.88. The molecule has 1 atom stereocenters. The fourth-order valence-electron chi connectivity index (χ4n) is 0.476. The normalized spacial score (nSPS) is 13.0. The van der Waals surface area contributed by atoms with E-state index in [0.29, 0.717) is 6.61 Å².